The molecule has 0 bridgehead atoms. The summed E-state index contributed by atoms with van der Waals surface area (Å²) in [4.78, 5) is 12.9. The fraction of sp³-hybridized carbons (Fsp3) is 0.462. The van der Waals surface area contributed by atoms with E-state index >= 15 is 0 Å². The monoisotopic (exact) mass is 439 g/mol. The first-order valence-electron chi connectivity index (χ1n) is 6.37. The summed E-state index contributed by atoms with van der Waals surface area (Å²) < 4.78 is 25.3. The Hall–Kier alpha value is -0.440. The number of nitrogens with zero attached hydrogens (tertiary/aromatic N) is 1. The largest absolute Gasteiger partial charge is 0.481 e. The summed E-state index contributed by atoms with van der Waals surface area (Å²) in [6, 6.07) is 5.33. The Labute approximate surface area is 140 Å². The summed E-state index contributed by atoms with van der Waals surface area (Å²) in [5.74, 6) is -0.975. The van der Waals surface area contributed by atoms with E-state index in [1.165, 1.54) is 0 Å². The van der Waals surface area contributed by atoms with E-state index in [1.54, 1.807) is 0 Å². The van der Waals surface area contributed by atoms with E-state index in [9.17, 15) is 13.2 Å². The van der Waals surface area contributed by atoms with Crippen molar-refractivity contribution in [1.29, 1.82) is 0 Å². The standard InChI is InChI=1S/C13H15Br2NO4S/c14-11-2-1-9(5-12(11)15)7-16-3-4-21(19,20)8-10(16)6-13(17)18/h1-2,5,10H,3-4,6-8H2,(H,17,18). The first-order chi connectivity index (χ1) is 9.77. The number of rotatable bonds is 4. The fourth-order valence-corrected chi connectivity index (χ4v) is 4.66. The summed E-state index contributed by atoms with van der Waals surface area (Å²) in [6.45, 7) is 0.910. The van der Waals surface area contributed by atoms with Gasteiger partial charge in [-0.25, -0.2) is 8.42 Å². The van der Waals surface area contributed by atoms with Crippen molar-refractivity contribution in [1.82, 2.24) is 4.90 Å². The number of sulfone groups is 1. The Balaban J connectivity index is 2.15. The van der Waals surface area contributed by atoms with Crippen LogP contribution in [0.4, 0.5) is 0 Å². The number of hydrogen-bond acceptors (Lipinski definition) is 4. The second-order valence-corrected chi connectivity index (χ2v) is 9.02. The van der Waals surface area contributed by atoms with E-state index < -0.39 is 21.8 Å². The van der Waals surface area contributed by atoms with Crippen LogP contribution in [0.3, 0.4) is 0 Å². The first-order valence-corrected chi connectivity index (χ1v) is 9.78. The van der Waals surface area contributed by atoms with Gasteiger partial charge in [0.2, 0.25) is 0 Å². The summed E-state index contributed by atoms with van der Waals surface area (Å²) in [6.07, 6.45) is -0.156. The van der Waals surface area contributed by atoms with Crippen LogP contribution in [-0.2, 0) is 21.2 Å². The molecule has 116 valence electrons. The van der Waals surface area contributed by atoms with Crippen molar-refractivity contribution < 1.29 is 18.3 Å². The Bertz CT molecular complexity index is 648. The molecule has 0 aliphatic carbocycles. The lowest BCUT2D eigenvalue weighted by Crippen LogP contribution is -2.48. The van der Waals surface area contributed by atoms with Crippen molar-refractivity contribution in [2.45, 2.75) is 19.0 Å². The van der Waals surface area contributed by atoms with Gasteiger partial charge in [-0.3, -0.25) is 9.69 Å². The van der Waals surface area contributed by atoms with Gasteiger partial charge in [0, 0.05) is 28.1 Å². The van der Waals surface area contributed by atoms with Crippen molar-refractivity contribution in [2.24, 2.45) is 0 Å². The molecule has 0 aromatic heterocycles. The van der Waals surface area contributed by atoms with E-state index in [0.717, 1.165) is 14.5 Å². The van der Waals surface area contributed by atoms with Crippen molar-refractivity contribution in [3.05, 3.63) is 32.7 Å². The summed E-state index contributed by atoms with van der Waals surface area (Å²) in [5, 5.41) is 8.97. The molecule has 1 saturated heterocycles. The molecule has 0 radical (unpaired) electrons. The van der Waals surface area contributed by atoms with E-state index in [4.69, 9.17) is 5.11 Å². The van der Waals surface area contributed by atoms with Gasteiger partial charge in [0.15, 0.2) is 9.84 Å². The SMILES string of the molecule is O=C(O)CC1CS(=O)(=O)CCN1Cc1ccc(Br)c(Br)c1. The van der Waals surface area contributed by atoms with Gasteiger partial charge in [0.1, 0.15) is 0 Å². The minimum atomic E-state index is -3.14. The lowest BCUT2D eigenvalue weighted by atomic mass is 10.1. The zero-order chi connectivity index (χ0) is 15.6. The van der Waals surface area contributed by atoms with Crippen LogP contribution in [0.15, 0.2) is 27.1 Å². The number of benzene rings is 1. The maximum atomic E-state index is 11.7. The highest BCUT2D eigenvalue weighted by Gasteiger charge is 2.32. The molecule has 1 fully saturated rings. The zero-order valence-corrected chi connectivity index (χ0v) is 15.1. The third-order valence-electron chi connectivity index (χ3n) is 3.43. The highest BCUT2D eigenvalue weighted by Crippen LogP contribution is 2.25. The van der Waals surface area contributed by atoms with Crippen LogP contribution in [0.5, 0.6) is 0 Å². The maximum absolute atomic E-state index is 11.7. The fourth-order valence-electron chi connectivity index (χ4n) is 2.39. The van der Waals surface area contributed by atoms with Crippen molar-refractivity contribution in [3.8, 4) is 0 Å². The molecule has 1 atom stereocenters. The molecule has 1 unspecified atom stereocenters. The van der Waals surface area contributed by atoms with Gasteiger partial charge < -0.3 is 5.11 Å². The molecule has 1 aliphatic heterocycles. The molecule has 0 spiro atoms. The van der Waals surface area contributed by atoms with E-state index in [0.29, 0.717) is 13.1 Å². The average Bonchev–Trinajstić information content (AvgIpc) is 2.36. The molecule has 1 aromatic rings. The summed E-state index contributed by atoms with van der Waals surface area (Å²) >= 11 is 6.83. The Morgan fingerprint density at radius 2 is 2.05 bits per heavy atom. The van der Waals surface area contributed by atoms with Crippen LogP contribution < -0.4 is 0 Å². The molecule has 0 saturated carbocycles. The predicted molar refractivity (Wildman–Crippen MR) is 86.9 cm³/mol. The number of halogens is 2. The predicted octanol–water partition coefficient (Wildman–Crippen LogP) is 2.29. The quantitative estimate of drug-likeness (QED) is 0.777. The second kappa shape index (κ2) is 6.76. The van der Waals surface area contributed by atoms with Gasteiger partial charge >= 0.3 is 5.97 Å². The third-order valence-corrected chi connectivity index (χ3v) is 7.01. The van der Waals surface area contributed by atoms with Gasteiger partial charge in [-0.15, -0.1) is 0 Å². The van der Waals surface area contributed by atoms with Gasteiger partial charge in [-0.2, -0.15) is 0 Å². The second-order valence-electron chi connectivity index (χ2n) is 5.08. The minimum Gasteiger partial charge on any atom is -0.481 e. The lowest BCUT2D eigenvalue weighted by Gasteiger charge is -2.34. The Morgan fingerprint density at radius 3 is 2.67 bits per heavy atom. The van der Waals surface area contributed by atoms with Crippen LogP contribution in [0, 0.1) is 0 Å². The molecule has 8 heteroatoms. The van der Waals surface area contributed by atoms with E-state index in [1.807, 2.05) is 23.1 Å². The van der Waals surface area contributed by atoms with Gasteiger partial charge in [-0.05, 0) is 49.6 Å². The van der Waals surface area contributed by atoms with Crippen LogP contribution in [0.25, 0.3) is 0 Å². The Morgan fingerprint density at radius 1 is 1.33 bits per heavy atom. The molecular weight excluding hydrogens is 426 g/mol. The van der Waals surface area contributed by atoms with Crippen molar-refractivity contribution >= 4 is 47.7 Å². The van der Waals surface area contributed by atoms with Crippen molar-refractivity contribution in [3.63, 3.8) is 0 Å². The smallest absolute Gasteiger partial charge is 0.304 e. The number of carboxylic acids is 1. The maximum Gasteiger partial charge on any atom is 0.304 e. The van der Waals surface area contributed by atoms with Gasteiger partial charge in [0.05, 0.1) is 17.9 Å². The van der Waals surface area contributed by atoms with Crippen molar-refractivity contribution in [2.75, 3.05) is 18.1 Å². The lowest BCUT2D eigenvalue weighted by molar-refractivity contribution is -0.138. The third kappa shape index (κ3) is 4.77. The molecule has 2 rings (SSSR count). The molecule has 1 aliphatic rings. The molecule has 1 heterocycles. The number of carbonyl (C=O) groups is 1. The van der Waals surface area contributed by atoms with Crippen LogP contribution in [0.2, 0.25) is 0 Å². The first kappa shape index (κ1) is 16.9. The van der Waals surface area contributed by atoms with Crippen LogP contribution in [0.1, 0.15) is 12.0 Å². The highest BCUT2D eigenvalue weighted by molar-refractivity contribution is 9.13. The van der Waals surface area contributed by atoms with Crippen LogP contribution in [-0.4, -0.2) is 48.5 Å². The van der Waals surface area contributed by atoms with Gasteiger partial charge in [0.25, 0.3) is 0 Å². The molecule has 1 N–H and O–H groups in total. The number of hydrogen-bond donors (Lipinski definition) is 1. The molecular formula is C13H15Br2NO4S. The van der Waals surface area contributed by atoms with Crippen LogP contribution >= 0.6 is 31.9 Å². The molecule has 21 heavy (non-hydrogen) atoms. The normalized spacial score (nSPS) is 22.1. The molecule has 0 amide bonds. The number of carboxylic acid groups (broad SMARTS) is 1. The van der Waals surface area contributed by atoms with E-state index in [-0.39, 0.29) is 17.9 Å². The average molecular weight is 441 g/mol. The summed E-state index contributed by atoms with van der Waals surface area (Å²) in [5.41, 5.74) is 1.01. The number of aliphatic carboxylic acids is 1. The zero-order valence-electron chi connectivity index (χ0n) is 11.1. The Kier molecular flexibility index (Phi) is 5.45. The van der Waals surface area contributed by atoms with Gasteiger partial charge in [-0.1, -0.05) is 6.07 Å². The summed E-state index contributed by atoms with van der Waals surface area (Å²) in [7, 11) is -3.14. The molecule has 1 aromatic carbocycles. The van der Waals surface area contributed by atoms with E-state index in [2.05, 4.69) is 31.9 Å². The highest BCUT2D eigenvalue weighted by atomic mass is 79.9. The molecule has 5 nitrogen and oxygen atoms in total. The topological polar surface area (TPSA) is 74.7 Å². The minimum absolute atomic E-state index is 0.0841.